The zero-order valence-electron chi connectivity index (χ0n) is 14.6. The monoisotopic (exact) mass is 403 g/mol. The molecule has 0 aliphatic rings. The third kappa shape index (κ3) is 4.01. The van der Waals surface area contributed by atoms with Gasteiger partial charge in [-0.25, -0.2) is 4.98 Å². The number of halogens is 5. The van der Waals surface area contributed by atoms with E-state index in [0.29, 0.717) is 5.56 Å². The SMILES string of the molecule is CCOC(F)(F)c1nnc2cnc(-c3ccc(O[C@H](C)C(F)(F)F)nc3)cn12. The van der Waals surface area contributed by atoms with E-state index in [1.54, 1.807) is 0 Å². The van der Waals surface area contributed by atoms with Crippen LogP contribution in [0.2, 0.25) is 0 Å². The van der Waals surface area contributed by atoms with Crippen molar-refractivity contribution in [2.45, 2.75) is 32.2 Å². The molecule has 1 atom stereocenters. The van der Waals surface area contributed by atoms with Gasteiger partial charge >= 0.3 is 12.3 Å². The van der Waals surface area contributed by atoms with E-state index in [1.165, 1.54) is 37.6 Å². The van der Waals surface area contributed by atoms with Crippen molar-refractivity contribution < 1.29 is 31.4 Å². The number of fused-ring (bicyclic) bond motifs is 1. The van der Waals surface area contributed by atoms with Crippen LogP contribution < -0.4 is 4.74 Å². The Hall–Kier alpha value is -2.89. The molecule has 12 heteroatoms. The summed E-state index contributed by atoms with van der Waals surface area (Å²) in [5.74, 6) is -0.956. The lowest BCUT2D eigenvalue weighted by Crippen LogP contribution is -2.31. The van der Waals surface area contributed by atoms with Crippen molar-refractivity contribution >= 4 is 5.65 Å². The van der Waals surface area contributed by atoms with Crippen LogP contribution in [0.3, 0.4) is 0 Å². The Balaban J connectivity index is 1.89. The molecule has 0 aliphatic carbocycles. The number of pyridine rings is 1. The summed E-state index contributed by atoms with van der Waals surface area (Å²) < 4.78 is 75.8. The molecule has 0 bridgehead atoms. The van der Waals surface area contributed by atoms with Gasteiger partial charge < -0.3 is 9.47 Å². The minimum Gasteiger partial charge on any atom is -0.465 e. The molecule has 0 aromatic carbocycles. The third-order valence-electron chi connectivity index (χ3n) is 3.67. The summed E-state index contributed by atoms with van der Waals surface area (Å²) in [6.45, 7) is 2.04. The number of hydrogen-bond acceptors (Lipinski definition) is 6. The van der Waals surface area contributed by atoms with Gasteiger partial charge in [-0.2, -0.15) is 22.0 Å². The predicted molar refractivity (Wildman–Crippen MR) is 85.7 cm³/mol. The molecule has 0 N–H and O–H groups in total. The van der Waals surface area contributed by atoms with Gasteiger partial charge in [0.25, 0.3) is 0 Å². The number of alkyl halides is 5. The molecule has 0 spiro atoms. The summed E-state index contributed by atoms with van der Waals surface area (Å²) in [5.41, 5.74) is 0.669. The van der Waals surface area contributed by atoms with Crippen molar-refractivity contribution in [3.63, 3.8) is 0 Å². The fraction of sp³-hybridized carbons (Fsp3) is 0.375. The topological polar surface area (TPSA) is 74.4 Å². The van der Waals surface area contributed by atoms with E-state index in [-0.39, 0.29) is 23.8 Å². The number of nitrogens with zero attached hydrogens (tertiary/aromatic N) is 5. The van der Waals surface area contributed by atoms with Crippen molar-refractivity contribution in [2.24, 2.45) is 0 Å². The van der Waals surface area contributed by atoms with E-state index >= 15 is 0 Å². The lowest BCUT2D eigenvalue weighted by molar-refractivity contribution is -0.251. The molecule has 3 aromatic rings. The maximum atomic E-state index is 14.0. The van der Waals surface area contributed by atoms with Crippen LogP contribution in [0.5, 0.6) is 5.88 Å². The first-order valence-electron chi connectivity index (χ1n) is 8.04. The quantitative estimate of drug-likeness (QED) is 0.586. The second kappa shape index (κ2) is 7.26. The average Bonchev–Trinajstić information content (AvgIpc) is 3.05. The Morgan fingerprint density at radius 2 is 1.82 bits per heavy atom. The van der Waals surface area contributed by atoms with Crippen molar-refractivity contribution in [3.05, 3.63) is 36.5 Å². The Kier molecular flexibility index (Phi) is 5.15. The Bertz CT molecular complexity index is 958. The number of ether oxygens (including phenoxy) is 2. The molecular weight excluding hydrogens is 389 g/mol. The summed E-state index contributed by atoms with van der Waals surface area (Å²) in [6.07, 6.45) is -6.50. The maximum Gasteiger partial charge on any atom is 0.425 e. The second-order valence-corrected chi connectivity index (χ2v) is 5.66. The molecule has 0 saturated heterocycles. The lowest BCUT2D eigenvalue weighted by Gasteiger charge is -2.16. The molecule has 3 aromatic heterocycles. The highest BCUT2D eigenvalue weighted by molar-refractivity contribution is 5.59. The molecule has 0 radical (unpaired) electrons. The molecule has 0 aliphatic heterocycles. The molecule has 3 rings (SSSR count). The van der Waals surface area contributed by atoms with E-state index in [1.807, 2.05) is 0 Å². The van der Waals surface area contributed by atoms with E-state index in [4.69, 9.17) is 4.74 Å². The molecule has 150 valence electrons. The van der Waals surface area contributed by atoms with Crippen LogP contribution in [0.1, 0.15) is 19.7 Å². The van der Waals surface area contributed by atoms with E-state index in [2.05, 4.69) is 24.9 Å². The number of hydrogen-bond donors (Lipinski definition) is 0. The van der Waals surface area contributed by atoms with Gasteiger partial charge in [-0.3, -0.25) is 9.38 Å². The number of aromatic nitrogens is 5. The van der Waals surface area contributed by atoms with Gasteiger partial charge in [0.1, 0.15) is 0 Å². The normalized spacial score (nSPS) is 13.7. The fourth-order valence-electron chi connectivity index (χ4n) is 2.24. The first-order chi connectivity index (χ1) is 13.1. The van der Waals surface area contributed by atoms with Gasteiger partial charge in [0.2, 0.25) is 11.7 Å². The summed E-state index contributed by atoms with van der Waals surface area (Å²) >= 11 is 0. The smallest absolute Gasteiger partial charge is 0.425 e. The zero-order valence-corrected chi connectivity index (χ0v) is 14.6. The van der Waals surface area contributed by atoms with Gasteiger partial charge in [-0.05, 0) is 19.9 Å². The van der Waals surface area contributed by atoms with Crippen LogP contribution >= 0.6 is 0 Å². The Morgan fingerprint density at radius 1 is 1.07 bits per heavy atom. The van der Waals surface area contributed by atoms with Crippen molar-refractivity contribution in [1.29, 1.82) is 0 Å². The highest BCUT2D eigenvalue weighted by Crippen LogP contribution is 2.29. The zero-order chi connectivity index (χ0) is 20.5. The molecule has 0 saturated carbocycles. The summed E-state index contributed by atoms with van der Waals surface area (Å²) in [5, 5.41) is 7.07. The van der Waals surface area contributed by atoms with Crippen LogP contribution in [0.4, 0.5) is 22.0 Å². The molecule has 0 unspecified atom stereocenters. The highest BCUT2D eigenvalue weighted by atomic mass is 19.4. The molecular formula is C16H14F5N5O2. The van der Waals surface area contributed by atoms with Crippen LogP contribution in [0.25, 0.3) is 16.9 Å². The fourth-order valence-corrected chi connectivity index (χ4v) is 2.24. The first-order valence-corrected chi connectivity index (χ1v) is 8.04. The molecule has 0 fully saturated rings. The Labute approximate surface area is 155 Å². The van der Waals surface area contributed by atoms with Gasteiger partial charge in [-0.15, -0.1) is 10.2 Å². The average molecular weight is 403 g/mol. The summed E-state index contributed by atoms with van der Waals surface area (Å²) in [7, 11) is 0. The van der Waals surface area contributed by atoms with Crippen LogP contribution in [-0.4, -0.2) is 43.5 Å². The predicted octanol–water partition coefficient (Wildman–Crippen LogP) is 3.60. The molecule has 7 nitrogen and oxygen atoms in total. The molecule has 3 heterocycles. The van der Waals surface area contributed by atoms with Gasteiger partial charge in [0.15, 0.2) is 11.8 Å². The van der Waals surface area contributed by atoms with Gasteiger partial charge in [0, 0.05) is 24.0 Å². The second-order valence-electron chi connectivity index (χ2n) is 5.66. The summed E-state index contributed by atoms with van der Waals surface area (Å²) in [6, 6.07) is 2.63. The summed E-state index contributed by atoms with van der Waals surface area (Å²) in [4.78, 5) is 7.88. The highest BCUT2D eigenvalue weighted by Gasteiger charge is 2.39. The molecule has 28 heavy (non-hydrogen) atoms. The number of rotatable bonds is 6. The van der Waals surface area contributed by atoms with Gasteiger partial charge in [0.05, 0.1) is 18.5 Å². The lowest BCUT2D eigenvalue weighted by atomic mass is 10.2. The minimum atomic E-state index is -4.52. The van der Waals surface area contributed by atoms with Crippen molar-refractivity contribution in [1.82, 2.24) is 24.6 Å². The standard InChI is InChI=1S/C16H14F5N5O2/c1-3-27-16(20,21)14-25-24-12-7-22-11(8-26(12)14)10-4-5-13(23-6-10)28-9(2)15(17,18)19/h4-9H,3H2,1-2H3/t9-/m1/s1. The van der Waals surface area contributed by atoms with Crippen LogP contribution in [0.15, 0.2) is 30.7 Å². The Morgan fingerprint density at radius 3 is 2.43 bits per heavy atom. The largest absolute Gasteiger partial charge is 0.465 e. The van der Waals surface area contributed by atoms with Crippen molar-refractivity contribution in [2.75, 3.05) is 6.61 Å². The van der Waals surface area contributed by atoms with Crippen molar-refractivity contribution in [3.8, 4) is 17.1 Å². The van der Waals surface area contributed by atoms with E-state index < -0.39 is 24.2 Å². The van der Waals surface area contributed by atoms with Crippen LogP contribution in [-0.2, 0) is 10.8 Å². The van der Waals surface area contributed by atoms with Gasteiger partial charge in [-0.1, -0.05) is 0 Å². The third-order valence-corrected chi connectivity index (χ3v) is 3.67. The van der Waals surface area contributed by atoms with E-state index in [9.17, 15) is 22.0 Å². The minimum absolute atomic E-state index is 0.0741. The first kappa shape index (κ1) is 19.9. The maximum absolute atomic E-state index is 14.0. The molecule has 0 amide bonds. The van der Waals surface area contributed by atoms with Crippen LogP contribution in [0, 0.1) is 0 Å². The van der Waals surface area contributed by atoms with E-state index in [0.717, 1.165) is 11.3 Å².